The van der Waals surface area contributed by atoms with Crippen molar-refractivity contribution in [1.82, 2.24) is 4.98 Å². The zero-order chi connectivity index (χ0) is 15.4. The van der Waals surface area contributed by atoms with Gasteiger partial charge in [0.05, 0.1) is 11.2 Å². The van der Waals surface area contributed by atoms with Gasteiger partial charge in [-0.3, -0.25) is 4.79 Å². The van der Waals surface area contributed by atoms with Gasteiger partial charge in [0.15, 0.2) is 0 Å². The highest BCUT2D eigenvalue weighted by Gasteiger charge is 2.08. The quantitative estimate of drug-likeness (QED) is 0.521. The minimum absolute atomic E-state index is 0.772. The lowest BCUT2D eigenvalue weighted by atomic mass is 9.97. The number of carbonyl (C=O) groups excluding carboxylic acids is 1. The van der Waals surface area contributed by atoms with E-state index in [4.69, 9.17) is 0 Å². The Morgan fingerprint density at radius 2 is 1.73 bits per heavy atom. The van der Waals surface area contributed by atoms with E-state index in [1.165, 1.54) is 6.08 Å². The van der Waals surface area contributed by atoms with Gasteiger partial charge in [0, 0.05) is 11.0 Å². The maximum Gasteiger partial charge on any atom is 0.142 e. The van der Waals surface area contributed by atoms with Gasteiger partial charge in [-0.05, 0) is 29.3 Å². The standard InChI is InChI=1S/C20H15NO/c1-15(18-10-4-2-7-16(18)9-6-14-22)19-13-12-17-8-3-5-11-20(17)21-19/h2-14H,1H2/b9-6+. The van der Waals surface area contributed by atoms with Crippen LogP contribution in [0.3, 0.4) is 0 Å². The van der Waals surface area contributed by atoms with Gasteiger partial charge in [0.1, 0.15) is 6.29 Å². The Morgan fingerprint density at radius 3 is 2.59 bits per heavy atom. The summed E-state index contributed by atoms with van der Waals surface area (Å²) in [6.45, 7) is 4.19. The maximum atomic E-state index is 10.6. The molecule has 0 saturated heterocycles. The van der Waals surface area contributed by atoms with Gasteiger partial charge in [0.25, 0.3) is 0 Å². The second kappa shape index (κ2) is 6.19. The molecule has 0 amide bonds. The molecule has 3 aromatic rings. The number of para-hydroxylation sites is 1. The minimum atomic E-state index is 0.772. The fraction of sp³-hybridized carbons (Fsp3) is 0. The summed E-state index contributed by atoms with van der Waals surface area (Å²) in [5, 5.41) is 1.10. The van der Waals surface area contributed by atoms with Crippen LogP contribution in [0.2, 0.25) is 0 Å². The molecule has 0 aliphatic carbocycles. The summed E-state index contributed by atoms with van der Waals surface area (Å²) >= 11 is 0. The first kappa shape index (κ1) is 14.0. The van der Waals surface area contributed by atoms with Gasteiger partial charge in [-0.25, -0.2) is 4.98 Å². The summed E-state index contributed by atoms with van der Waals surface area (Å²) in [5.41, 5.74) is 4.56. The summed E-state index contributed by atoms with van der Waals surface area (Å²) < 4.78 is 0. The largest absolute Gasteiger partial charge is 0.299 e. The average molecular weight is 285 g/mol. The van der Waals surface area contributed by atoms with Crippen LogP contribution in [0.4, 0.5) is 0 Å². The van der Waals surface area contributed by atoms with Crippen molar-refractivity contribution in [2.75, 3.05) is 0 Å². The smallest absolute Gasteiger partial charge is 0.142 e. The molecule has 106 valence electrons. The zero-order valence-electron chi connectivity index (χ0n) is 12.1. The summed E-state index contributed by atoms with van der Waals surface area (Å²) in [7, 11) is 0. The molecule has 0 unspecified atom stereocenters. The molecule has 2 nitrogen and oxygen atoms in total. The molecule has 0 bridgehead atoms. The molecule has 0 saturated carbocycles. The lowest BCUT2D eigenvalue weighted by molar-refractivity contribution is -0.104. The van der Waals surface area contributed by atoms with Gasteiger partial charge in [-0.1, -0.05) is 61.2 Å². The Labute approximate surface area is 129 Å². The van der Waals surface area contributed by atoms with Crippen molar-refractivity contribution in [1.29, 1.82) is 0 Å². The predicted molar refractivity (Wildman–Crippen MR) is 91.4 cm³/mol. The van der Waals surface area contributed by atoms with Crippen molar-refractivity contribution in [3.63, 3.8) is 0 Å². The van der Waals surface area contributed by atoms with Crippen molar-refractivity contribution >= 4 is 28.8 Å². The molecular weight excluding hydrogens is 270 g/mol. The minimum Gasteiger partial charge on any atom is -0.299 e. The molecule has 1 heterocycles. The highest BCUT2D eigenvalue weighted by molar-refractivity contribution is 5.87. The molecule has 1 aromatic heterocycles. The summed E-state index contributed by atoms with van der Waals surface area (Å²) in [5.74, 6) is 0. The van der Waals surface area contributed by atoms with Crippen LogP contribution in [0, 0.1) is 0 Å². The topological polar surface area (TPSA) is 30.0 Å². The average Bonchev–Trinajstić information content (AvgIpc) is 2.59. The van der Waals surface area contributed by atoms with Crippen LogP contribution in [0.1, 0.15) is 16.8 Å². The summed E-state index contributed by atoms with van der Waals surface area (Å²) in [4.78, 5) is 15.2. The first-order valence-corrected chi connectivity index (χ1v) is 7.06. The number of fused-ring (bicyclic) bond motifs is 1. The number of pyridine rings is 1. The summed E-state index contributed by atoms with van der Waals surface area (Å²) in [6, 6.07) is 19.9. The Hall–Kier alpha value is -3.00. The third-order valence-corrected chi connectivity index (χ3v) is 3.55. The molecule has 0 atom stereocenters. The molecule has 0 aliphatic heterocycles. The van der Waals surface area contributed by atoms with Crippen LogP contribution < -0.4 is 0 Å². The fourth-order valence-electron chi connectivity index (χ4n) is 2.43. The second-order valence-corrected chi connectivity index (χ2v) is 4.95. The maximum absolute atomic E-state index is 10.6. The van der Waals surface area contributed by atoms with E-state index in [-0.39, 0.29) is 0 Å². The number of carbonyl (C=O) groups is 1. The van der Waals surface area contributed by atoms with Gasteiger partial charge >= 0.3 is 0 Å². The van der Waals surface area contributed by atoms with Crippen LogP contribution >= 0.6 is 0 Å². The van der Waals surface area contributed by atoms with Gasteiger partial charge < -0.3 is 0 Å². The predicted octanol–water partition coefficient (Wildman–Crippen LogP) is 4.51. The molecule has 0 radical (unpaired) electrons. The second-order valence-electron chi connectivity index (χ2n) is 4.95. The number of aldehydes is 1. The van der Waals surface area contributed by atoms with E-state index in [0.717, 1.165) is 39.6 Å². The lowest BCUT2D eigenvalue weighted by Gasteiger charge is -2.10. The number of hydrogen-bond donors (Lipinski definition) is 0. The van der Waals surface area contributed by atoms with Gasteiger partial charge in [-0.2, -0.15) is 0 Å². The van der Waals surface area contributed by atoms with E-state index in [2.05, 4.69) is 11.6 Å². The molecule has 22 heavy (non-hydrogen) atoms. The molecular formula is C20H15NO. The molecule has 0 N–H and O–H groups in total. The van der Waals surface area contributed by atoms with Crippen molar-refractivity contribution in [2.45, 2.75) is 0 Å². The highest BCUT2D eigenvalue weighted by atomic mass is 16.1. The Kier molecular flexibility index (Phi) is 3.92. The van der Waals surface area contributed by atoms with Gasteiger partial charge in [0.2, 0.25) is 0 Å². The molecule has 0 spiro atoms. The van der Waals surface area contributed by atoms with Crippen molar-refractivity contribution in [3.05, 3.63) is 90.1 Å². The number of allylic oxidation sites excluding steroid dienone is 1. The van der Waals surface area contributed by atoms with Crippen LogP contribution in [0.15, 0.2) is 73.3 Å². The molecule has 2 heteroatoms. The number of aromatic nitrogens is 1. The molecule has 2 aromatic carbocycles. The van der Waals surface area contributed by atoms with E-state index in [9.17, 15) is 4.79 Å². The van der Waals surface area contributed by atoms with E-state index >= 15 is 0 Å². The van der Waals surface area contributed by atoms with E-state index in [1.807, 2.05) is 60.7 Å². The molecule has 3 rings (SSSR count). The SMILES string of the molecule is C=C(c1ccc2ccccc2n1)c1ccccc1/C=C/C=O. The third kappa shape index (κ3) is 2.72. The summed E-state index contributed by atoms with van der Waals surface area (Å²) in [6.07, 6.45) is 4.04. The number of nitrogens with zero attached hydrogens (tertiary/aromatic N) is 1. The Balaban J connectivity index is 2.06. The molecule has 0 aliphatic rings. The highest BCUT2D eigenvalue weighted by Crippen LogP contribution is 2.25. The van der Waals surface area contributed by atoms with E-state index in [0.29, 0.717) is 0 Å². The molecule has 0 fully saturated rings. The Morgan fingerprint density at radius 1 is 0.955 bits per heavy atom. The van der Waals surface area contributed by atoms with Crippen molar-refractivity contribution < 1.29 is 4.79 Å². The monoisotopic (exact) mass is 285 g/mol. The fourth-order valence-corrected chi connectivity index (χ4v) is 2.43. The first-order chi connectivity index (χ1) is 10.8. The number of rotatable bonds is 4. The number of benzene rings is 2. The van der Waals surface area contributed by atoms with E-state index in [1.54, 1.807) is 6.08 Å². The third-order valence-electron chi connectivity index (χ3n) is 3.55. The van der Waals surface area contributed by atoms with Crippen LogP contribution in [-0.4, -0.2) is 11.3 Å². The zero-order valence-corrected chi connectivity index (χ0v) is 12.1. The van der Waals surface area contributed by atoms with Crippen LogP contribution in [0.25, 0.3) is 22.6 Å². The normalized spacial score (nSPS) is 10.9. The Bertz CT molecular complexity index is 878. The number of hydrogen-bond acceptors (Lipinski definition) is 2. The lowest BCUT2D eigenvalue weighted by Crippen LogP contribution is -1.93. The van der Waals surface area contributed by atoms with Crippen molar-refractivity contribution in [3.8, 4) is 0 Å². The van der Waals surface area contributed by atoms with E-state index < -0.39 is 0 Å². The van der Waals surface area contributed by atoms with Gasteiger partial charge in [-0.15, -0.1) is 0 Å². The van der Waals surface area contributed by atoms with Crippen LogP contribution in [0.5, 0.6) is 0 Å². The first-order valence-electron chi connectivity index (χ1n) is 7.06. The van der Waals surface area contributed by atoms with Crippen LogP contribution in [-0.2, 0) is 4.79 Å². The van der Waals surface area contributed by atoms with Crippen molar-refractivity contribution in [2.24, 2.45) is 0 Å².